The van der Waals surface area contributed by atoms with Crippen molar-refractivity contribution in [1.82, 2.24) is 24.5 Å². The van der Waals surface area contributed by atoms with Gasteiger partial charge < -0.3 is 19.9 Å². The van der Waals surface area contributed by atoms with E-state index in [1.807, 2.05) is 25.4 Å². The van der Waals surface area contributed by atoms with Gasteiger partial charge in [-0.15, -0.1) is 0 Å². The topological polar surface area (TPSA) is 79.5 Å². The van der Waals surface area contributed by atoms with Gasteiger partial charge in [0.05, 0.1) is 16.9 Å². The number of amides is 1. The minimum atomic E-state index is -0.483. The minimum absolute atomic E-state index is 0.238. The van der Waals surface area contributed by atoms with Gasteiger partial charge in [-0.05, 0) is 51.2 Å². The molecule has 4 heterocycles. The average molecular weight is 476 g/mol. The highest BCUT2D eigenvalue weighted by molar-refractivity contribution is 6.13. The summed E-state index contributed by atoms with van der Waals surface area (Å²) < 4.78 is 17.8. The zero-order chi connectivity index (χ0) is 24.3. The second-order valence-electron chi connectivity index (χ2n) is 10.4. The molecule has 1 atom stereocenters. The summed E-state index contributed by atoms with van der Waals surface area (Å²) in [6, 6.07) is 5.14. The van der Waals surface area contributed by atoms with Crippen LogP contribution in [0.4, 0.5) is 15.8 Å². The van der Waals surface area contributed by atoms with Crippen LogP contribution in [0, 0.1) is 18.7 Å². The van der Waals surface area contributed by atoms with Crippen molar-refractivity contribution in [3.63, 3.8) is 0 Å². The van der Waals surface area contributed by atoms with E-state index in [1.165, 1.54) is 18.9 Å². The number of hydrogen-bond acceptors (Lipinski definition) is 5. The first-order valence-electron chi connectivity index (χ1n) is 12.2. The maximum Gasteiger partial charge on any atom is 0.257 e. The van der Waals surface area contributed by atoms with E-state index in [0.717, 1.165) is 37.1 Å². The second kappa shape index (κ2) is 8.05. The van der Waals surface area contributed by atoms with Crippen LogP contribution in [0.2, 0.25) is 0 Å². The highest BCUT2D eigenvalue weighted by atomic mass is 19.1. The van der Waals surface area contributed by atoms with E-state index >= 15 is 0 Å². The van der Waals surface area contributed by atoms with Crippen LogP contribution in [0.3, 0.4) is 0 Å². The molecule has 0 spiro atoms. The van der Waals surface area contributed by atoms with Crippen LogP contribution in [-0.2, 0) is 7.05 Å². The van der Waals surface area contributed by atoms with E-state index < -0.39 is 5.82 Å². The summed E-state index contributed by atoms with van der Waals surface area (Å²) in [6.45, 7) is 7.12. The first-order chi connectivity index (χ1) is 16.8. The van der Waals surface area contributed by atoms with Gasteiger partial charge in [0.25, 0.3) is 5.91 Å². The Morgan fingerprint density at radius 1 is 1.26 bits per heavy atom. The maximum absolute atomic E-state index is 14.5. The number of pyridine rings is 1. The number of benzene rings is 1. The number of fused-ring (bicyclic) bond motifs is 2. The van der Waals surface area contributed by atoms with Gasteiger partial charge in [-0.3, -0.25) is 9.48 Å². The predicted octanol–water partition coefficient (Wildman–Crippen LogP) is 3.89. The van der Waals surface area contributed by atoms with Crippen molar-refractivity contribution in [2.45, 2.75) is 38.6 Å². The van der Waals surface area contributed by atoms with Crippen molar-refractivity contribution in [3.05, 3.63) is 53.9 Å². The molecule has 2 fully saturated rings. The lowest BCUT2D eigenvalue weighted by Crippen LogP contribution is -2.34. The van der Waals surface area contributed by atoms with Crippen LogP contribution >= 0.6 is 0 Å². The van der Waals surface area contributed by atoms with Gasteiger partial charge >= 0.3 is 0 Å². The number of aryl methyl sites for hydroxylation is 2. The van der Waals surface area contributed by atoms with Crippen LogP contribution < -0.4 is 15.5 Å². The normalized spacial score (nSPS) is 19.1. The lowest BCUT2D eigenvalue weighted by Gasteiger charge is -2.21. The van der Waals surface area contributed by atoms with E-state index in [2.05, 4.69) is 32.5 Å². The average Bonchev–Trinajstić information content (AvgIpc) is 3.16. The number of imidazole rings is 1. The summed E-state index contributed by atoms with van der Waals surface area (Å²) in [5, 5.41) is 12.1. The van der Waals surface area contributed by atoms with E-state index in [-0.39, 0.29) is 11.6 Å². The van der Waals surface area contributed by atoms with Crippen LogP contribution in [0.15, 0.2) is 36.8 Å². The molecule has 0 bridgehead atoms. The Labute approximate surface area is 203 Å². The van der Waals surface area contributed by atoms with Crippen molar-refractivity contribution in [1.29, 1.82) is 0 Å². The molecule has 1 saturated carbocycles. The predicted molar refractivity (Wildman–Crippen MR) is 135 cm³/mol. The molecule has 9 heteroatoms. The van der Waals surface area contributed by atoms with Gasteiger partial charge in [0.1, 0.15) is 5.52 Å². The number of nitrogens with zero attached hydrogens (tertiary/aromatic N) is 5. The van der Waals surface area contributed by atoms with Crippen molar-refractivity contribution < 1.29 is 9.18 Å². The molecular formula is C26H30FN7O. The number of rotatable bonds is 6. The summed E-state index contributed by atoms with van der Waals surface area (Å²) in [5.41, 5.74) is 3.88. The van der Waals surface area contributed by atoms with Crippen molar-refractivity contribution in [2.75, 3.05) is 29.9 Å². The third-order valence-electron chi connectivity index (χ3n) is 7.34. The number of anilines is 2. The fourth-order valence-electron chi connectivity index (χ4n) is 5.08. The fraction of sp³-hybridized carbons (Fsp3) is 0.423. The van der Waals surface area contributed by atoms with Crippen LogP contribution in [-0.4, -0.2) is 50.2 Å². The Hall–Kier alpha value is -3.46. The molecular weight excluding hydrogens is 445 g/mol. The lowest BCUT2D eigenvalue weighted by atomic mass is 10.1. The zero-order valence-corrected chi connectivity index (χ0v) is 20.3. The lowest BCUT2D eigenvalue weighted by molar-refractivity contribution is 0.102. The van der Waals surface area contributed by atoms with Gasteiger partial charge in [-0.1, -0.05) is 0 Å². The number of hydrogen-bond donors (Lipinski definition) is 2. The molecule has 1 amide bonds. The van der Waals surface area contributed by atoms with Crippen molar-refractivity contribution in [3.8, 4) is 0 Å². The number of aromatic nitrogens is 4. The largest absolute Gasteiger partial charge is 0.371 e. The Kier molecular flexibility index (Phi) is 5.07. The monoisotopic (exact) mass is 475 g/mol. The number of carbonyl (C=O) groups excluding carboxylic acids is 1. The third kappa shape index (κ3) is 4.14. The zero-order valence-electron chi connectivity index (χ0n) is 20.3. The molecule has 6 rings (SSSR count). The summed E-state index contributed by atoms with van der Waals surface area (Å²) >= 11 is 0. The second-order valence-corrected chi connectivity index (χ2v) is 10.4. The van der Waals surface area contributed by atoms with E-state index in [4.69, 9.17) is 0 Å². The van der Waals surface area contributed by atoms with Crippen LogP contribution in [0.5, 0.6) is 0 Å². The minimum Gasteiger partial charge on any atom is -0.371 e. The Bertz CT molecular complexity index is 1450. The first kappa shape index (κ1) is 22.0. The molecule has 1 aliphatic heterocycles. The molecule has 4 aromatic rings. The molecule has 35 heavy (non-hydrogen) atoms. The molecule has 182 valence electrons. The number of halogens is 1. The van der Waals surface area contributed by atoms with Crippen LogP contribution in [0.1, 0.15) is 42.2 Å². The van der Waals surface area contributed by atoms with Crippen molar-refractivity contribution in [2.24, 2.45) is 13.0 Å². The van der Waals surface area contributed by atoms with Gasteiger partial charge in [0.15, 0.2) is 11.5 Å². The number of carbonyl (C=O) groups is 1. The quantitative estimate of drug-likeness (QED) is 0.442. The molecule has 2 N–H and O–H groups in total. The van der Waals surface area contributed by atoms with E-state index in [0.29, 0.717) is 33.9 Å². The summed E-state index contributed by atoms with van der Waals surface area (Å²) in [5.74, 6) is -0.196. The fourth-order valence-corrected chi connectivity index (χ4v) is 5.08. The van der Waals surface area contributed by atoms with Gasteiger partial charge in [0, 0.05) is 68.0 Å². The molecule has 0 unspecified atom stereocenters. The highest BCUT2D eigenvalue weighted by Gasteiger charge is 2.37. The van der Waals surface area contributed by atoms with Gasteiger partial charge in [-0.2, -0.15) is 5.10 Å². The van der Waals surface area contributed by atoms with E-state index in [1.54, 1.807) is 28.4 Å². The molecule has 1 saturated heterocycles. The SMILES string of the molecule is Cc1cn2cc(NC(=O)c3ccc(N4CC[C@H](CNC5(C)CC5)C4)c4cn(C)nc34)cc(F)c2n1. The molecule has 3 aromatic heterocycles. The van der Waals surface area contributed by atoms with Gasteiger partial charge in [-0.25, -0.2) is 9.37 Å². The summed E-state index contributed by atoms with van der Waals surface area (Å²) in [4.78, 5) is 19.8. The highest BCUT2D eigenvalue weighted by Crippen LogP contribution is 2.36. The Morgan fingerprint density at radius 3 is 2.89 bits per heavy atom. The number of nitrogens with one attached hydrogen (secondary N) is 2. The molecule has 2 aliphatic rings. The molecule has 1 aromatic carbocycles. The Morgan fingerprint density at radius 2 is 2.09 bits per heavy atom. The standard InChI is InChI=1S/C26H30FN7O/c1-16-12-34-14-18(10-21(27)24(34)29-16)30-25(35)19-4-5-22(20-15-32(3)31-23(19)20)33-9-6-17(13-33)11-28-26(2)7-8-26/h4-5,10,12,14-15,17,28H,6-9,11,13H2,1-3H3,(H,30,35)/t17-/m1/s1. The van der Waals surface area contributed by atoms with Crippen molar-refractivity contribution >= 4 is 33.8 Å². The maximum atomic E-state index is 14.5. The summed E-state index contributed by atoms with van der Waals surface area (Å²) in [6.07, 6.45) is 9.05. The summed E-state index contributed by atoms with van der Waals surface area (Å²) in [7, 11) is 1.86. The first-order valence-corrected chi connectivity index (χ1v) is 12.2. The molecule has 1 aliphatic carbocycles. The Balaban J connectivity index is 1.25. The third-order valence-corrected chi connectivity index (χ3v) is 7.34. The van der Waals surface area contributed by atoms with E-state index in [9.17, 15) is 9.18 Å². The molecule has 0 radical (unpaired) electrons. The van der Waals surface area contributed by atoms with Gasteiger partial charge in [0.2, 0.25) is 0 Å². The van der Waals surface area contributed by atoms with Crippen LogP contribution in [0.25, 0.3) is 16.6 Å². The molecule has 8 nitrogen and oxygen atoms in total. The smallest absolute Gasteiger partial charge is 0.257 e.